The van der Waals surface area contributed by atoms with Crippen molar-refractivity contribution in [2.24, 2.45) is 0 Å². The van der Waals surface area contributed by atoms with Crippen molar-refractivity contribution >= 4 is 17.9 Å². The SMILES string of the molecule is CC1OC2(CCN(C)CC2)CC1=CC(=O)O.O=C(O)C=CC(=O)O. The zero-order valence-corrected chi connectivity index (χ0v) is 13.8. The largest absolute Gasteiger partial charge is 0.478 e. The van der Waals surface area contributed by atoms with E-state index in [1.807, 2.05) is 6.92 Å². The number of hydrogen-bond donors (Lipinski definition) is 3. The van der Waals surface area contributed by atoms with Gasteiger partial charge >= 0.3 is 17.9 Å². The normalized spacial score (nSPS) is 24.8. The minimum absolute atomic E-state index is 0.0421. The highest BCUT2D eigenvalue weighted by atomic mass is 16.5. The number of carboxylic acid groups (broad SMARTS) is 3. The molecule has 8 nitrogen and oxygen atoms in total. The van der Waals surface area contributed by atoms with Crippen molar-refractivity contribution in [1.82, 2.24) is 4.90 Å². The summed E-state index contributed by atoms with van der Waals surface area (Å²) in [4.78, 5) is 32.1. The molecule has 0 aromatic rings. The molecule has 2 saturated heterocycles. The Morgan fingerprint density at radius 3 is 2.00 bits per heavy atom. The maximum atomic E-state index is 10.7. The minimum Gasteiger partial charge on any atom is -0.478 e. The van der Waals surface area contributed by atoms with Gasteiger partial charge in [0, 0.05) is 37.7 Å². The average Bonchev–Trinajstić information content (AvgIpc) is 2.76. The molecule has 2 rings (SSSR count). The Bertz CT molecular complexity index is 529. The summed E-state index contributed by atoms with van der Waals surface area (Å²) in [6.45, 7) is 4.02. The molecule has 1 unspecified atom stereocenters. The molecule has 2 aliphatic heterocycles. The van der Waals surface area contributed by atoms with Crippen molar-refractivity contribution in [3.8, 4) is 0 Å². The van der Waals surface area contributed by atoms with Gasteiger partial charge in [0.05, 0.1) is 11.7 Å². The first kappa shape index (κ1) is 19.9. The van der Waals surface area contributed by atoms with Gasteiger partial charge in [0.15, 0.2) is 0 Å². The van der Waals surface area contributed by atoms with Crippen LogP contribution in [-0.4, -0.2) is 70.0 Å². The summed E-state index contributed by atoms with van der Waals surface area (Å²) in [6.07, 6.45) is 5.19. The van der Waals surface area contributed by atoms with Gasteiger partial charge in [-0.3, -0.25) is 0 Å². The van der Waals surface area contributed by atoms with Crippen molar-refractivity contribution in [3.05, 3.63) is 23.8 Å². The third-order valence-electron chi connectivity index (χ3n) is 4.05. The van der Waals surface area contributed by atoms with E-state index in [9.17, 15) is 14.4 Å². The highest BCUT2D eigenvalue weighted by molar-refractivity contribution is 5.89. The van der Waals surface area contributed by atoms with E-state index in [0.717, 1.165) is 37.9 Å². The number of ether oxygens (including phenoxy) is 1. The Morgan fingerprint density at radius 1 is 1.08 bits per heavy atom. The number of carboxylic acids is 3. The van der Waals surface area contributed by atoms with Gasteiger partial charge in [-0.2, -0.15) is 0 Å². The lowest BCUT2D eigenvalue weighted by Crippen LogP contribution is -2.42. The Morgan fingerprint density at radius 2 is 1.58 bits per heavy atom. The Hall–Kier alpha value is -2.19. The Labute approximate surface area is 140 Å². The summed E-state index contributed by atoms with van der Waals surface area (Å²) in [5.41, 5.74) is 0.838. The zero-order chi connectivity index (χ0) is 18.3. The molecule has 2 heterocycles. The van der Waals surface area contributed by atoms with Crippen LogP contribution >= 0.6 is 0 Å². The summed E-state index contributed by atoms with van der Waals surface area (Å²) in [5.74, 6) is -3.38. The van der Waals surface area contributed by atoms with Gasteiger partial charge in [0.1, 0.15) is 0 Å². The molecule has 8 heteroatoms. The molecule has 3 N–H and O–H groups in total. The van der Waals surface area contributed by atoms with Crippen LogP contribution in [0.5, 0.6) is 0 Å². The van der Waals surface area contributed by atoms with Gasteiger partial charge in [0.25, 0.3) is 0 Å². The molecule has 0 aromatic heterocycles. The van der Waals surface area contributed by atoms with E-state index in [1.165, 1.54) is 6.08 Å². The van der Waals surface area contributed by atoms with Crippen molar-refractivity contribution in [3.63, 3.8) is 0 Å². The molecule has 0 bridgehead atoms. The second kappa shape index (κ2) is 8.60. The highest BCUT2D eigenvalue weighted by Gasteiger charge is 2.43. The summed E-state index contributed by atoms with van der Waals surface area (Å²) in [7, 11) is 2.11. The van der Waals surface area contributed by atoms with Crippen LogP contribution in [0.2, 0.25) is 0 Å². The van der Waals surface area contributed by atoms with E-state index in [1.54, 1.807) is 0 Å². The smallest absolute Gasteiger partial charge is 0.328 e. The van der Waals surface area contributed by atoms with Crippen LogP contribution in [0.15, 0.2) is 23.8 Å². The van der Waals surface area contributed by atoms with E-state index in [2.05, 4.69) is 11.9 Å². The standard InChI is InChI=1S/C12H19NO3.C4H4O4/c1-9-10(7-11(14)15)8-12(16-9)3-5-13(2)6-4-12;5-3(6)1-2-4(7)8/h7,9H,3-6,8H2,1-2H3,(H,14,15);1-2H,(H,5,6)(H,7,8). The minimum atomic E-state index is -1.26. The lowest BCUT2D eigenvalue weighted by molar-refractivity contribution is -0.134. The first-order valence-corrected chi connectivity index (χ1v) is 7.57. The molecule has 24 heavy (non-hydrogen) atoms. The monoisotopic (exact) mass is 341 g/mol. The second-order valence-corrected chi connectivity index (χ2v) is 5.99. The van der Waals surface area contributed by atoms with Gasteiger partial charge in [-0.15, -0.1) is 0 Å². The number of aliphatic carboxylic acids is 3. The second-order valence-electron chi connectivity index (χ2n) is 5.99. The van der Waals surface area contributed by atoms with E-state index in [-0.39, 0.29) is 11.7 Å². The van der Waals surface area contributed by atoms with Gasteiger partial charge in [0.2, 0.25) is 0 Å². The van der Waals surface area contributed by atoms with E-state index >= 15 is 0 Å². The molecule has 0 radical (unpaired) electrons. The highest BCUT2D eigenvalue weighted by Crippen LogP contribution is 2.41. The average molecular weight is 341 g/mol. The number of nitrogens with zero attached hydrogens (tertiary/aromatic N) is 1. The third kappa shape index (κ3) is 6.51. The van der Waals surface area contributed by atoms with Crippen LogP contribution in [-0.2, 0) is 19.1 Å². The summed E-state index contributed by atoms with van der Waals surface area (Å²) in [5, 5.41) is 24.4. The summed E-state index contributed by atoms with van der Waals surface area (Å²) in [6, 6.07) is 0. The first-order chi connectivity index (χ1) is 11.1. The predicted molar refractivity (Wildman–Crippen MR) is 84.8 cm³/mol. The van der Waals surface area contributed by atoms with Gasteiger partial charge in [-0.25, -0.2) is 14.4 Å². The fourth-order valence-corrected chi connectivity index (χ4v) is 2.80. The van der Waals surface area contributed by atoms with Crippen LogP contribution in [0.3, 0.4) is 0 Å². The van der Waals surface area contributed by atoms with E-state index < -0.39 is 17.9 Å². The van der Waals surface area contributed by atoms with E-state index in [4.69, 9.17) is 20.1 Å². The maximum Gasteiger partial charge on any atom is 0.328 e. The van der Waals surface area contributed by atoms with Crippen LogP contribution < -0.4 is 0 Å². The molecule has 1 spiro atoms. The van der Waals surface area contributed by atoms with Crippen molar-refractivity contribution in [1.29, 1.82) is 0 Å². The molecular formula is C16H23NO7. The van der Waals surface area contributed by atoms with Crippen LogP contribution in [0.1, 0.15) is 26.2 Å². The molecular weight excluding hydrogens is 318 g/mol. The lowest BCUT2D eigenvalue weighted by atomic mass is 9.87. The van der Waals surface area contributed by atoms with Gasteiger partial charge < -0.3 is 25.0 Å². The number of hydrogen-bond acceptors (Lipinski definition) is 5. The predicted octanol–water partition coefficient (Wildman–Crippen LogP) is 0.982. The molecule has 134 valence electrons. The van der Waals surface area contributed by atoms with Crippen LogP contribution in [0.25, 0.3) is 0 Å². The molecule has 1 atom stereocenters. The first-order valence-electron chi connectivity index (χ1n) is 7.57. The van der Waals surface area contributed by atoms with Crippen molar-refractivity contribution < 1.29 is 34.4 Å². The number of rotatable bonds is 3. The third-order valence-corrected chi connectivity index (χ3v) is 4.05. The molecule has 2 fully saturated rings. The quantitative estimate of drug-likeness (QED) is 0.649. The molecule has 0 aliphatic carbocycles. The maximum absolute atomic E-state index is 10.7. The molecule has 0 saturated carbocycles. The number of carbonyl (C=O) groups is 3. The fourth-order valence-electron chi connectivity index (χ4n) is 2.80. The summed E-state index contributed by atoms with van der Waals surface area (Å²) < 4.78 is 5.99. The Kier molecular flexibility index (Phi) is 7.12. The number of likely N-dealkylation sites (tertiary alicyclic amines) is 1. The van der Waals surface area contributed by atoms with Crippen molar-refractivity contribution in [2.45, 2.75) is 37.9 Å². The van der Waals surface area contributed by atoms with E-state index in [0.29, 0.717) is 12.2 Å². The van der Waals surface area contributed by atoms with Crippen LogP contribution in [0, 0.1) is 0 Å². The van der Waals surface area contributed by atoms with Gasteiger partial charge in [-0.05, 0) is 32.4 Å². The topological polar surface area (TPSA) is 124 Å². The number of piperidine rings is 1. The molecule has 0 amide bonds. The molecule has 2 aliphatic rings. The Balaban J connectivity index is 0.000000307. The molecule has 0 aromatic carbocycles. The van der Waals surface area contributed by atoms with Gasteiger partial charge in [-0.1, -0.05) is 0 Å². The lowest BCUT2D eigenvalue weighted by Gasteiger charge is -2.37. The summed E-state index contributed by atoms with van der Waals surface area (Å²) >= 11 is 0. The van der Waals surface area contributed by atoms with Crippen molar-refractivity contribution in [2.75, 3.05) is 20.1 Å². The van der Waals surface area contributed by atoms with Crippen LogP contribution in [0.4, 0.5) is 0 Å². The fraction of sp³-hybridized carbons (Fsp3) is 0.562. The zero-order valence-electron chi connectivity index (χ0n) is 13.8.